The van der Waals surface area contributed by atoms with Crippen molar-refractivity contribution in [2.45, 2.75) is 53.6 Å². The van der Waals surface area contributed by atoms with Gasteiger partial charge in [-0.2, -0.15) is 0 Å². The van der Waals surface area contributed by atoms with Gasteiger partial charge in [0.1, 0.15) is 17.1 Å². The summed E-state index contributed by atoms with van der Waals surface area (Å²) in [5.41, 5.74) is 11.8. The van der Waals surface area contributed by atoms with E-state index in [-0.39, 0.29) is 41.3 Å². The van der Waals surface area contributed by atoms with Gasteiger partial charge in [-0.05, 0) is 117 Å². The van der Waals surface area contributed by atoms with E-state index < -0.39 is 0 Å². The second-order valence-corrected chi connectivity index (χ2v) is 18.6. The van der Waals surface area contributed by atoms with Gasteiger partial charge in [0.25, 0.3) is 11.8 Å². The van der Waals surface area contributed by atoms with Gasteiger partial charge < -0.3 is 30.7 Å². The first kappa shape index (κ1) is 49.9. The average molecular weight is 979 g/mol. The van der Waals surface area contributed by atoms with Gasteiger partial charge in [-0.25, -0.2) is 0 Å². The van der Waals surface area contributed by atoms with Crippen molar-refractivity contribution in [2.24, 2.45) is 0 Å². The lowest BCUT2D eigenvalue weighted by Gasteiger charge is -2.23. The predicted octanol–water partition coefficient (Wildman–Crippen LogP) is 14.2. The Morgan fingerprint density at radius 3 is 1.16 bits per heavy atom. The fraction of sp³-hybridized carbons (Fsp3) is 0.156. The lowest BCUT2D eigenvalue weighted by molar-refractivity contribution is -0.115. The number of hydrogen-bond donors (Lipinski definition) is 4. The van der Waals surface area contributed by atoms with Crippen LogP contribution in [0, 0.1) is 13.8 Å². The molecular weight excluding hydrogens is 921 g/mol. The Kier molecular flexibility index (Phi) is 14.4. The molecule has 4 amide bonds. The monoisotopic (exact) mass is 978 g/mol. The number of anilines is 2. The highest BCUT2D eigenvalue weighted by Crippen LogP contribution is 2.48. The molecule has 9 aromatic carbocycles. The highest BCUT2D eigenvalue weighted by atomic mass is 16.5. The maximum absolute atomic E-state index is 14.0. The van der Waals surface area contributed by atoms with E-state index in [1.54, 1.807) is 0 Å². The molecule has 0 heterocycles. The van der Waals surface area contributed by atoms with Crippen LogP contribution < -0.4 is 30.7 Å². The molecule has 0 saturated carbocycles. The third-order valence-corrected chi connectivity index (χ3v) is 13.6. The Morgan fingerprint density at radius 2 is 0.784 bits per heavy atom. The van der Waals surface area contributed by atoms with Crippen molar-refractivity contribution in [1.82, 2.24) is 10.6 Å². The Bertz CT molecular complexity index is 3590. The molecule has 0 aliphatic rings. The number of rotatable bonds is 14. The van der Waals surface area contributed by atoms with Crippen LogP contribution in [-0.2, 0) is 9.59 Å². The van der Waals surface area contributed by atoms with Gasteiger partial charge in [0.15, 0.2) is 0 Å². The molecule has 0 radical (unpaired) electrons. The first-order chi connectivity index (χ1) is 35.8. The number of hydrogen-bond acceptors (Lipinski definition) is 6. The summed E-state index contributed by atoms with van der Waals surface area (Å²) < 4.78 is 11.9. The molecule has 0 aliphatic carbocycles. The summed E-state index contributed by atoms with van der Waals surface area (Å²) in [5, 5.41) is 16.2. The van der Waals surface area contributed by atoms with E-state index in [4.69, 9.17) is 9.47 Å². The normalized spacial score (nSPS) is 11.9. The Labute approximate surface area is 431 Å². The number of fused-ring (bicyclic) bond motifs is 2. The number of amides is 4. The van der Waals surface area contributed by atoms with Gasteiger partial charge in [0, 0.05) is 30.5 Å². The average Bonchev–Trinajstić information content (AvgIpc) is 3.40. The van der Waals surface area contributed by atoms with Gasteiger partial charge >= 0.3 is 0 Å². The number of ether oxygens (including phenoxy) is 2. The first-order valence-electron chi connectivity index (χ1n) is 24.6. The Hall–Kier alpha value is -9.02. The maximum atomic E-state index is 14.0. The van der Waals surface area contributed by atoms with E-state index >= 15 is 0 Å². The topological polar surface area (TPSA) is 135 Å². The van der Waals surface area contributed by atoms with Crippen LogP contribution in [0.2, 0.25) is 0 Å². The molecule has 10 heteroatoms. The molecule has 0 saturated heterocycles. The molecule has 2 unspecified atom stereocenters. The molecule has 9 aromatic rings. The van der Waals surface area contributed by atoms with Crippen LogP contribution in [0.3, 0.4) is 0 Å². The highest BCUT2D eigenvalue weighted by molar-refractivity contribution is 6.17. The quantitative estimate of drug-likeness (QED) is 0.0857. The van der Waals surface area contributed by atoms with E-state index in [0.29, 0.717) is 39.6 Å². The van der Waals surface area contributed by atoms with Crippen molar-refractivity contribution in [3.05, 3.63) is 203 Å². The van der Waals surface area contributed by atoms with Crippen LogP contribution in [0.4, 0.5) is 11.4 Å². The molecule has 0 bridgehead atoms. The van der Waals surface area contributed by atoms with E-state index in [0.717, 1.165) is 77.2 Å². The van der Waals surface area contributed by atoms with Gasteiger partial charge in [0.2, 0.25) is 11.8 Å². The molecule has 4 N–H and O–H groups in total. The van der Waals surface area contributed by atoms with E-state index in [9.17, 15) is 19.2 Å². The predicted molar refractivity (Wildman–Crippen MR) is 299 cm³/mol. The lowest BCUT2D eigenvalue weighted by Crippen LogP contribution is -2.28. The van der Waals surface area contributed by atoms with E-state index in [2.05, 4.69) is 51.6 Å². The second-order valence-electron chi connectivity index (χ2n) is 18.6. The minimum absolute atomic E-state index is 0.142. The summed E-state index contributed by atoms with van der Waals surface area (Å²) in [6.45, 7) is 10.7. The van der Waals surface area contributed by atoms with Crippen LogP contribution in [0.15, 0.2) is 170 Å². The smallest absolute Gasteiger partial charge is 0.259 e. The van der Waals surface area contributed by atoms with Gasteiger partial charge in [0.05, 0.1) is 37.7 Å². The molecule has 0 fully saturated rings. The highest BCUT2D eigenvalue weighted by Gasteiger charge is 2.26. The van der Waals surface area contributed by atoms with Gasteiger partial charge in [-0.15, -0.1) is 0 Å². The fourth-order valence-corrected chi connectivity index (χ4v) is 10.2. The number of nitrogens with one attached hydrogen (secondary N) is 4. The summed E-state index contributed by atoms with van der Waals surface area (Å²) in [5.74, 6) is -0.475. The van der Waals surface area contributed by atoms with Crippen molar-refractivity contribution in [2.75, 3.05) is 24.9 Å². The molecule has 2 atom stereocenters. The van der Waals surface area contributed by atoms with Crippen molar-refractivity contribution in [1.29, 1.82) is 0 Å². The zero-order chi connectivity index (χ0) is 52.2. The summed E-state index contributed by atoms with van der Waals surface area (Å²) in [4.78, 5) is 54.7. The summed E-state index contributed by atoms with van der Waals surface area (Å²) in [7, 11) is 3.06. The van der Waals surface area contributed by atoms with Gasteiger partial charge in [-0.1, -0.05) is 158 Å². The van der Waals surface area contributed by atoms with E-state index in [1.165, 1.54) is 28.1 Å². The zero-order valence-electron chi connectivity index (χ0n) is 42.8. The molecule has 0 spiro atoms. The molecule has 10 nitrogen and oxygen atoms in total. The third kappa shape index (κ3) is 9.94. The first-order valence-corrected chi connectivity index (χ1v) is 24.6. The minimum Gasteiger partial charge on any atom is -0.496 e. The van der Waals surface area contributed by atoms with Crippen molar-refractivity contribution in [3.8, 4) is 56.0 Å². The SMILES string of the molecule is COc1cc(-c2cccc3cccc(-c4ccc(-c5cccc6cccc(-c7cc(C)c(C(=O)NC(C)c8ccccc8)c(C)c7)c56)c(NC(C)=O)c4NC(C)=O)c23)cc(OC)c1C(=O)NC(C)c1ccccc1. The summed E-state index contributed by atoms with van der Waals surface area (Å²) in [6, 6.07) is 55.1. The largest absolute Gasteiger partial charge is 0.496 e. The van der Waals surface area contributed by atoms with Crippen molar-refractivity contribution >= 4 is 56.5 Å². The molecule has 0 aliphatic heterocycles. The third-order valence-electron chi connectivity index (χ3n) is 13.6. The number of carbonyl (C=O) groups excluding carboxylic acids is 4. The number of aryl methyl sites for hydroxylation is 2. The van der Waals surface area contributed by atoms with Crippen molar-refractivity contribution < 1.29 is 28.7 Å². The maximum Gasteiger partial charge on any atom is 0.259 e. The second kappa shape index (κ2) is 21.4. The van der Waals surface area contributed by atoms with Crippen LogP contribution in [-0.4, -0.2) is 37.8 Å². The summed E-state index contributed by atoms with van der Waals surface area (Å²) in [6.07, 6.45) is 0. The zero-order valence-corrected chi connectivity index (χ0v) is 42.8. The fourth-order valence-electron chi connectivity index (χ4n) is 10.2. The van der Waals surface area contributed by atoms with E-state index in [1.807, 2.05) is 167 Å². The number of methoxy groups -OCH3 is 2. The van der Waals surface area contributed by atoms with Crippen LogP contribution in [0.1, 0.15) is 82.7 Å². The number of benzene rings is 9. The van der Waals surface area contributed by atoms with Crippen LogP contribution in [0.5, 0.6) is 11.5 Å². The molecule has 370 valence electrons. The van der Waals surface area contributed by atoms with Crippen LogP contribution in [0.25, 0.3) is 66.1 Å². The standard InChI is InChI=1S/C64H58N4O6/c1-37-33-47(34-38(2)57(37)63(71)65-39(3)43-19-11-9-12-20-43)49-27-15-23-45-25-17-29-51(58(45)49)53-31-32-54(62(68-42(6)70)61(53)67-41(5)69)52-30-18-26-46-24-16-28-50(59(46)52)48-35-55(73-7)60(56(36-48)74-8)64(72)66-40(4)44-21-13-10-14-22-44/h9-36,39-40H,1-8H3,(H,65,71)(H,66,72)(H,67,69)(H,68,70). The Balaban J connectivity index is 1.18. The Morgan fingerprint density at radius 1 is 0.419 bits per heavy atom. The molecular formula is C64H58N4O6. The molecule has 0 aromatic heterocycles. The molecule has 9 rings (SSSR count). The summed E-state index contributed by atoms with van der Waals surface area (Å²) >= 11 is 0. The van der Waals surface area contributed by atoms with Gasteiger partial charge in [-0.3, -0.25) is 19.2 Å². The molecule has 74 heavy (non-hydrogen) atoms. The van der Waals surface area contributed by atoms with Crippen molar-refractivity contribution in [3.63, 3.8) is 0 Å². The van der Waals surface area contributed by atoms with Crippen LogP contribution >= 0.6 is 0 Å². The number of carbonyl (C=O) groups is 4. The minimum atomic E-state index is -0.346. The lowest BCUT2D eigenvalue weighted by atomic mass is 9.86.